The number of fused-ring (bicyclic) bond motifs is 1. The molecule has 3 rings (SSSR count). The Kier molecular flexibility index (Phi) is 3.59. The van der Waals surface area contributed by atoms with Crippen LogP contribution < -0.4 is 9.47 Å². The standard InChI is InChI=1S/C14H19NO4/c1-10-6-13-14(19-9-18-13)7-11(10)12(8-16)15-2-4-17-5-3-15/h6-7,12,16H,2-5,8-9H2,1H3. The van der Waals surface area contributed by atoms with Crippen LogP contribution >= 0.6 is 0 Å². The molecule has 104 valence electrons. The Hall–Kier alpha value is -1.30. The number of aliphatic hydroxyl groups excluding tert-OH is 1. The molecule has 0 aliphatic carbocycles. The summed E-state index contributed by atoms with van der Waals surface area (Å²) < 4.78 is 16.2. The van der Waals surface area contributed by atoms with Crippen LogP contribution in [0, 0.1) is 6.92 Å². The maximum Gasteiger partial charge on any atom is 0.231 e. The van der Waals surface area contributed by atoms with Crippen molar-refractivity contribution < 1.29 is 19.3 Å². The van der Waals surface area contributed by atoms with E-state index in [9.17, 15) is 5.11 Å². The van der Waals surface area contributed by atoms with Gasteiger partial charge in [0.05, 0.1) is 25.9 Å². The summed E-state index contributed by atoms with van der Waals surface area (Å²) in [6.07, 6.45) is 0. The van der Waals surface area contributed by atoms with Crippen LogP contribution in [0.3, 0.4) is 0 Å². The molecule has 19 heavy (non-hydrogen) atoms. The zero-order valence-electron chi connectivity index (χ0n) is 11.1. The average molecular weight is 265 g/mol. The molecule has 1 unspecified atom stereocenters. The van der Waals surface area contributed by atoms with E-state index >= 15 is 0 Å². The second-order valence-electron chi connectivity index (χ2n) is 4.91. The first kappa shape index (κ1) is 12.7. The quantitative estimate of drug-likeness (QED) is 0.886. The maximum absolute atomic E-state index is 9.75. The second kappa shape index (κ2) is 5.36. The van der Waals surface area contributed by atoms with Crippen LogP contribution in [0.25, 0.3) is 0 Å². The van der Waals surface area contributed by atoms with Gasteiger partial charge in [-0.1, -0.05) is 0 Å². The summed E-state index contributed by atoms with van der Waals surface area (Å²) in [5, 5.41) is 9.75. The number of hydrogen-bond donors (Lipinski definition) is 1. The molecule has 5 nitrogen and oxygen atoms in total. The highest BCUT2D eigenvalue weighted by atomic mass is 16.7. The first-order chi connectivity index (χ1) is 9.29. The topological polar surface area (TPSA) is 51.2 Å². The van der Waals surface area contributed by atoms with E-state index in [0.717, 1.165) is 48.9 Å². The van der Waals surface area contributed by atoms with Gasteiger partial charge in [0.25, 0.3) is 0 Å². The smallest absolute Gasteiger partial charge is 0.231 e. The number of morpholine rings is 1. The number of aryl methyl sites for hydroxylation is 1. The third kappa shape index (κ3) is 2.41. The lowest BCUT2D eigenvalue weighted by Gasteiger charge is -2.34. The van der Waals surface area contributed by atoms with E-state index < -0.39 is 0 Å². The Morgan fingerprint density at radius 2 is 1.89 bits per heavy atom. The van der Waals surface area contributed by atoms with Crippen LogP contribution in [0.4, 0.5) is 0 Å². The zero-order chi connectivity index (χ0) is 13.2. The van der Waals surface area contributed by atoms with Crippen molar-refractivity contribution in [3.63, 3.8) is 0 Å². The van der Waals surface area contributed by atoms with Crippen LogP contribution in [0.2, 0.25) is 0 Å². The molecule has 1 saturated heterocycles. The molecule has 1 atom stereocenters. The summed E-state index contributed by atoms with van der Waals surface area (Å²) in [6.45, 7) is 5.55. The predicted molar refractivity (Wildman–Crippen MR) is 69.5 cm³/mol. The molecule has 1 fully saturated rings. The lowest BCUT2D eigenvalue weighted by atomic mass is 9.99. The van der Waals surface area contributed by atoms with E-state index in [-0.39, 0.29) is 19.4 Å². The second-order valence-corrected chi connectivity index (χ2v) is 4.91. The predicted octanol–water partition coefficient (Wildman–Crippen LogP) is 1.09. The summed E-state index contributed by atoms with van der Waals surface area (Å²) in [5.41, 5.74) is 2.23. The minimum atomic E-state index is -0.00148. The van der Waals surface area contributed by atoms with Crippen molar-refractivity contribution in [1.82, 2.24) is 4.90 Å². The summed E-state index contributed by atoms with van der Waals surface area (Å²) in [6, 6.07) is 3.98. The van der Waals surface area contributed by atoms with E-state index in [0.29, 0.717) is 0 Å². The van der Waals surface area contributed by atoms with Crippen LogP contribution in [-0.2, 0) is 4.74 Å². The van der Waals surface area contributed by atoms with Gasteiger partial charge in [-0.05, 0) is 30.2 Å². The number of aliphatic hydroxyl groups is 1. The Morgan fingerprint density at radius 1 is 1.21 bits per heavy atom. The minimum Gasteiger partial charge on any atom is -0.454 e. The highest BCUT2D eigenvalue weighted by molar-refractivity contribution is 5.49. The van der Waals surface area contributed by atoms with Crippen LogP contribution in [0.5, 0.6) is 11.5 Å². The van der Waals surface area contributed by atoms with Crippen molar-refractivity contribution in [3.05, 3.63) is 23.3 Å². The van der Waals surface area contributed by atoms with Gasteiger partial charge in [-0.15, -0.1) is 0 Å². The molecular formula is C14H19NO4. The van der Waals surface area contributed by atoms with E-state index in [4.69, 9.17) is 14.2 Å². The van der Waals surface area contributed by atoms with Gasteiger partial charge in [0.1, 0.15) is 0 Å². The Balaban J connectivity index is 1.90. The number of nitrogens with zero attached hydrogens (tertiary/aromatic N) is 1. The highest BCUT2D eigenvalue weighted by Gasteiger charge is 2.26. The fraction of sp³-hybridized carbons (Fsp3) is 0.571. The average Bonchev–Trinajstić information content (AvgIpc) is 2.88. The molecule has 5 heteroatoms. The molecule has 2 aliphatic rings. The van der Waals surface area contributed by atoms with Gasteiger partial charge in [0.2, 0.25) is 6.79 Å². The summed E-state index contributed by atoms with van der Waals surface area (Å²) >= 11 is 0. The molecule has 0 radical (unpaired) electrons. The fourth-order valence-electron chi connectivity index (χ4n) is 2.72. The molecule has 1 aromatic rings. The van der Waals surface area contributed by atoms with Gasteiger partial charge in [-0.2, -0.15) is 0 Å². The van der Waals surface area contributed by atoms with Crippen molar-refractivity contribution in [2.75, 3.05) is 39.7 Å². The maximum atomic E-state index is 9.75. The molecule has 0 bridgehead atoms. The lowest BCUT2D eigenvalue weighted by molar-refractivity contribution is 0.00241. The van der Waals surface area contributed by atoms with Crippen molar-refractivity contribution in [2.24, 2.45) is 0 Å². The van der Waals surface area contributed by atoms with Crippen LogP contribution in [-0.4, -0.2) is 49.7 Å². The van der Waals surface area contributed by atoms with E-state index in [1.165, 1.54) is 0 Å². The summed E-state index contributed by atoms with van der Waals surface area (Å²) in [7, 11) is 0. The van der Waals surface area contributed by atoms with Crippen LogP contribution in [0.15, 0.2) is 12.1 Å². The number of benzene rings is 1. The van der Waals surface area contributed by atoms with Crippen molar-refractivity contribution in [3.8, 4) is 11.5 Å². The highest BCUT2D eigenvalue weighted by Crippen LogP contribution is 2.37. The summed E-state index contributed by atoms with van der Waals surface area (Å²) in [5.74, 6) is 1.56. The first-order valence-electron chi connectivity index (χ1n) is 6.62. The van der Waals surface area contributed by atoms with Gasteiger partial charge in [0.15, 0.2) is 11.5 Å². The molecule has 0 saturated carbocycles. The SMILES string of the molecule is Cc1cc2c(cc1C(CO)N1CCOCC1)OCO2. The Bertz CT molecular complexity index is 457. The number of rotatable bonds is 3. The number of hydrogen-bond acceptors (Lipinski definition) is 5. The molecular weight excluding hydrogens is 246 g/mol. The van der Waals surface area contributed by atoms with E-state index in [1.54, 1.807) is 0 Å². The van der Waals surface area contributed by atoms with Crippen molar-refractivity contribution in [2.45, 2.75) is 13.0 Å². The van der Waals surface area contributed by atoms with Crippen molar-refractivity contribution >= 4 is 0 Å². The zero-order valence-corrected chi connectivity index (χ0v) is 11.1. The van der Waals surface area contributed by atoms with E-state index in [1.807, 2.05) is 19.1 Å². The van der Waals surface area contributed by atoms with Crippen molar-refractivity contribution in [1.29, 1.82) is 0 Å². The molecule has 2 heterocycles. The van der Waals surface area contributed by atoms with Gasteiger partial charge in [-0.25, -0.2) is 0 Å². The molecule has 0 spiro atoms. The van der Waals surface area contributed by atoms with Gasteiger partial charge in [-0.3, -0.25) is 4.90 Å². The molecule has 2 aliphatic heterocycles. The third-order valence-corrected chi connectivity index (χ3v) is 3.78. The molecule has 1 aromatic carbocycles. The van der Waals surface area contributed by atoms with E-state index in [2.05, 4.69) is 4.90 Å². The molecule has 1 N–H and O–H groups in total. The molecule has 0 aromatic heterocycles. The Labute approximate surface area is 112 Å². The van der Waals surface area contributed by atoms with Gasteiger partial charge < -0.3 is 19.3 Å². The van der Waals surface area contributed by atoms with Crippen LogP contribution in [0.1, 0.15) is 17.2 Å². The van der Waals surface area contributed by atoms with Gasteiger partial charge >= 0.3 is 0 Å². The Morgan fingerprint density at radius 3 is 2.58 bits per heavy atom. The number of ether oxygens (including phenoxy) is 3. The monoisotopic (exact) mass is 265 g/mol. The fourth-order valence-corrected chi connectivity index (χ4v) is 2.72. The normalized spacial score (nSPS) is 20.5. The minimum absolute atomic E-state index is 0.00148. The largest absolute Gasteiger partial charge is 0.454 e. The lowest BCUT2D eigenvalue weighted by Crippen LogP contribution is -2.40. The first-order valence-corrected chi connectivity index (χ1v) is 6.62. The third-order valence-electron chi connectivity index (χ3n) is 3.78. The molecule has 0 amide bonds. The van der Waals surface area contributed by atoms with Gasteiger partial charge in [0, 0.05) is 13.1 Å². The summed E-state index contributed by atoms with van der Waals surface area (Å²) in [4.78, 5) is 2.26.